The smallest absolute Gasteiger partial charge is 0.0502 e. The maximum atomic E-state index is 6.13. The number of nitrogens with two attached hydrogens (primary N) is 1. The van der Waals surface area contributed by atoms with E-state index in [-0.39, 0.29) is 6.04 Å². The number of fused-ring (bicyclic) bond motifs is 1. The Hall–Kier alpha value is -0.990. The summed E-state index contributed by atoms with van der Waals surface area (Å²) in [5.41, 5.74) is 8.04. The lowest BCUT2D eigenvalue weighted by Crippen LogP contribution is -2.17. The Morgan fingerprint density at radius 3 is 3.00 bits per heavy atom. The number of hydrogen-bond donors (Lipinski definition) is 2. The van der Waals surface area contributed by atoms with E-state index in [4.69, 9.17) is 17.3 Å². The van der Waals surface area contributed by atoms with Gasteiger partial charge in [-0.05, 0) is 31.0 Å². The predicted octanol–water partition coefficient (Wildman–Crippen LogP) is 2.71. The van der Waals surface area contributed by atoms with Crippen molar-refractivity contribution >= 4 is 22.5 Å². The van der Waals surface area contributed by atoms with Crippen LogP contribution in [0.5, 0.6) is 0 Å². The van der Waals surface area contributed by atoms with Gasteiger partial charge in [0.1, 0.15) is 0 Å². The van der Waals surface area contributed by atoms with Crippen molar-refractivity contribution < 1.29 is 0 Å². The van der Waals surface area contributed by atoms with Crippen molar-refractivity contribution in [2.75, 3.05) is 0 Å². The van der Waals surface area contributed by atoms with E-state index in [9.17, 15) is 0 Å². The normalized spacial score (nSPS) is 13.4. The molecule has 74 valence electrons. The SMILES string of the molecule is CC(N)Cc1c[nH]c2cccc(Cl)c12. The third-order valence-corrected chi connectivity index (χ3v) is 2.59. The summed E-state index contributed by atoms with van der Waals surface area (Å²) < 4.78 is 0. The van der Waals surface area contributed by atoms with Gasteiger partial charge in [-0.3, -0.25) is 0 Å². The van der Waals surface area contributed by atoms with Gasteiger partial charge in [0.2, 0.25) is 0 Å². The van der Waals surface area contributed by atoms with Crippen LogP contribution < -0.4 is 5.73 Å². The zero-order valence-electron chi connectivity index (χ0n) is 8.05. The van der Waals surface area contributed by atoms with Gasteiger partial charge in [-0.1, -0.05) is 17.7 Å². The highest BCUT2D eigenvalue weighted by atomic mass is 35.5. The molecule has 2 aromatic rings. The van der Waals surface area contributed by atoms with Crippen LogP contribution in [-0.2, 0) is 6.42 Å². The molecular formula is C11H13ClN2. The largest absolute Gasteiger partial charge is 0.361 e. The highest BCUT2D eigenvalue weighted by Gasteiger charge is 2.08. The van der Waals surface area contributed by atoms with Crippen molar-refractivity contribution in [3.63, 3.8) is 0 Å². The minimum atomic E-state index is 0.158. The van der Waals surface area contributed by atoms with Crippen LogP contribution in [0.4, 0.5) is 0 Å². The van der Waals surface area contributed by atoms with Gasteiger partial charge in [-0.2, -0.15) is 0 Å². The van der Waals surface area contributed by atoms with Gasteiger partial charge >= 0.3 is 0 Å². The summed E-state index contributed by atoms with van der Waals surface area (Å²) in [5.74, 6) is 0. The van der Waals surface area contributed by atoms with Crippen molar-refractivity contribution in [2.24, 2.45) is 5.73 Å². The summed E-state index contributed by atoms with van der Waals surface area (Å²) in [7, 11) is 0. The minimum absolute atomic E-state index is 0.158. The Kier molecular flexibility index (Phi) is 2.48. The fraction of sp³-hybridized carbons (Fsp3) is 0.273. The number of benzene rings is 1. The zero-order chi connectivity index (χ0) is 10.1. The van der Waals surface area contributed by atoms with Crippen LogP contribution >= 0.6 is 11.6 Å². The van der Waals surface area contributed by atoms with Gasteiger partial charge in [0.15, 0.2) is 0 Å². The first-order chi connectivity index (χ1) is 6.68. The maximum absolute atomic E-state index is 6.13. The number of H-pyrrole nitrogens is 1. The summed E-state index contributed by atoms with van der Waals surface area (Å²) in [4.78, 5) is 3.19. The van der Waals surface area contributed by atoms with E-state index in [1.807, 2.05) is 31.3 Å². The number of halogens is 1. The molecule has 3 heteroatoms. The fourth-order valence-corrected chi connectivity index (χ4v) is 2.01. The summed E-state index contributed by atoms with van der Waals surface area (Å²) in [6, 6.07) is 6.02. The Balaban J connectivity index is 2.55. The first-order valence-electron chi connectivity index (χ1n) is 4.68. The van der Waals surface area contributed by atoms with E-state index in [1.54, 1.807) is 0 Å². The lowest BCUT2D eigenvalue weighted by Gasteiger charge is -2.03. The summed E-state index contributed by atoms with van der Waals surface area (Å²) in [5, 5.41) is 1.89. The number of nitrogens with one attached hydrogen (secondary N) is 1. The third-order valence-electron chi connectivity index (χ3n) is 2.28. The zero-order valence-corrected chi connectivity index (χ0v) is 8.81. The van der Waals surface area contributed by atoms with Crippen LogP contribution in [0.1, 0.15) is 12.5 Å². The molecule has 0 spiro atoms. The van der Waals surface area contributed by atoms with E-state index in [2.05, 4.69) is 4.98 Å². The summed E-state index contributed by atoms with van der Waals surface area (Å²) >= 11 is 6.13. The molecule has 1 unspecified atom stereocenters. The Morgan fingerprint density at radius 2 is 2.29 bits per heavy atom. The fourth-order valence-electron chi connectivity index (χ4n) is 1.72. The van der Waals surface area contributed by atoms with Crippen molar-refractivity contribution in [3.8, 4) is 0 Å². The van der Waals surface area contributed by atoms with Gasteiger partial charge in [0.25, 0.3) is 0 Å². The van der Waals surface area contributed by atoms with E-state index < -0.39 is 0 Å². The van der Waals surface area contributed by atoms with Gasteiger partial charge in [-0.15, -0.1) is 0 Å². The predicted molar refractivity (Wildman–Crippen MR) is 60.7 cm³/mol. The monoisotopic (exact) mass is 208 g/mol. The number of aromatic amines is 1. The Labute approximate surface area is 88.1 Å². The molecule has 0 bridgehead atoms. The van der Waals surface area contributed by atoms with Crippen molar-refractivity contribution in [2.45, 2.75) is 19.4 Å². The van der Waals surface area contributed by atoms with Crippen LogP contribution in [0.3, 0.4) is 0 Å². The van der Waals surface area contributed by atoms with Gasteiger partial charge < -0.3 is 10.7 Å². The molecule has 2 nitrogen and oxygen atoms in total. The topological polar surface area (TPSA) is 41.8 Å². The average molecular weight is 209 g/mol. The van der Waals surface area contributed by atoms with E-state index in [0.29, 0.717) is 0 Å². The Bertz CT molecular complexity index is 445. The number of rotatable bonds is 2. The highest BCUT2D eigenvalue weighted by Crippen LogP contribution is 2.26. The maximum Gasteiger partial charge on any atom is 0.0502 e. The molecule has 0 saturated heterocycles. The molecule has 1 heterocycles. The second-order valence-corrected chi connectivity index (χ2v) is 4.06. The molecule has 0 aliphatic heterocycles. The van der Waals surface area contributed by atoms with Crippen molar-refractivity contribution in [1.29, 1.82) is 0 Å². The van der Waals surface area contributed by atoms with E-state index in [1.165, 1.54) is 5.56 Å². The molecule has 2 rings (SSSR count). The van der Waals surface area contributed by atoms with Crippen LogP contribution in [0, 0.1) is 0 Å². The van der Waals surface area contributed by atoms with Gasteiger partial charge in [-0.25, -0.2) is 0 Å². The number of aromatic nitrogens is 1. The first-order valence-corrected chi connectivity index (χ1v) is 5.06. The van der Waals surface area contributed by atoms with E-state index >= 15 is 0 Å². The van der Waals surface area contributed by atoms with E-state index in [0.717, 1.165) is 22.3 Å². The van der Waals surface area contributed by atoms with Crippen LogP contribution in [-0.4, -0.2) is 11.0 Å². The molecule has 0 radical (unpaired) electrons. The Morgan fingerprint density at radius 1 is 1.50 bits per heavy atom. The molecule has 0 saturated carbocycles. The number of hydrogen-bond acceptors (Lipinski definition) is 1. The second kappa shape index (κ2) is 3.64. The second-order valence-electron chi connectivity index (χ2n) is 3.66. The lowest BCUT2D eigenvalue weighted by molar-refractivity contribution is 0.741. The average Bonchev–Trinajstić information content (AvgIpc) is 2.49. The minimum Gasteiger partial charge on any atom is -0.361 e. The molecule has 14 heavy (non-hydrogen) atoms. The van der Waals surface area contributed by atoms with Gasteiger partial charge in [0.05, 0.1) is 5.02 Å². The standard InChI is InChI=1S/C11H13ClN2/c1-7(13)5-8-6-14-10-4-2-3-9(12)11(8)10/h2-4,6-7,14H,5,13H2,1H3. The van der Waals surface area contributed by atoms with Crippen LogP contribution in [0.25, 0.3) is 10.9 Å². The molecule has 0 aliphatic carbocycles. The summed E-state index contributed by atoms with van der Waals surface area (Å²) in [6.45, 7) is 2.00. The molecule has 1 aromatic carbocycles. The lowest BCUT2D eigenvalue weighted by atomic mass is 10.1. The molecule has 0 aliphatic rings. The third kappa shape index (κ3) is 1.63. The van der Waals surface area contributed by atoms with Crippen molar-refractivity contribution in [1.82, 2.24) is 4.98 Å². The van der Waals surface area contributed by atoms with Crippen LogP contribution in [0.15, 0.2) is 24.4 Å². The molecule has 3 N–H and O–H groups in total. The van der Waals surface area contributed by atoms with Gasteiger partial charge in [0, 0.05) is 23.1 Å². The molecule has 1 atom stereocenters. The summed E-state index contributed by atoms with van der Waals surface area (Å²) in [6.07, 6.45) is 2.84. The quantitative estimate of drug-likeness (QED) is 0.783. The molecular weight excluding hydrogens is 196 g/mol. The first kappa shape index (κ1) is 9.56. The van der Waals surface area contributed by atoms with Crippen LogP contribution in [0.2, 0.25) is 5.02 Å². The molecule has 1 aromatic heterocycles. The highest BCUT2D eigenvalue weighted by molar-refractivity contribution is 6.35. The van der Waals surface area contributed by atoms with Crippen molar-refractivity contribution in [3.05, 3.63) is 35.0 Å². The molecule has 0 fully saturated rings. The molecule has 0 amide bonds.